The predicted octanol–water partition coefficient (Wildman–Crippen LogP) is 1.21. The number of piperazine rings is 1. The van der Waals surface area contributed by atoms with Crippen LogP contribution in [0.3, 0.4) is 0 Å². The predicted molar refractivity (Wildman–Crippen MR) is 85.2 cm³/mol. The van der Waals surface area contributed by atoms with Gasteiger partial charge in [-0.05, 0) is 30.5 Å². The second-order valence-electron chi connectivity index (χ2n) is 6.18. The Bertz CT molecular complexity index is 782. The lowest BCUT2D eigenvalue weighted by molar-refractivity contribution is -0.146. The number of nitrogens with zero attached hydrogens (tertiary/aromatic N) is 1. The van der Waals surface area contributed by atoms with Crippen molar-refractivity contribution in [1.82, 2.24) is 15.2 Å². The van der Waals surface area contributed by atoms with Crippen molar-refractivity contribution in [1.29, 1.82) is 0 Å². The molecule has 0 spiro atoms. The number of aromatic nitrogens is 1. The van der Waals surface area contributed by atoms with Gasteiger partial charge in [-0.3, -0.25) is 9.59 Å². The minimum atomic E-state index is -0.474. The zero-order valence-corrected chi connectivity index (χ0v) is 13.0. The summed E-state index contributed by atoms with van der Waals surface area (Å²) in [6.45, 7) is 0.693. The standard InChI is InChI=1S/C17H19N3O3/c1-23-11-4-5-12-10(9-18-13(12)8-11)7-14-17(22)20-6-2-3-15(20)16(21)19-14/h4-5,8-9,14-15,18H,2-3,6-7H2,1H3,(H,19,21)/t14-,15-/m0/s1. The van der Waals surface area contributed by atoms with Crippen molar-refractivity contribution in [2.24, 2.45) is 0 Å². The van der Waals surface area contributed by atoms with Gasteiger partial charge < -0.3 is 19.9 Å². The van der Waals surface area contributed by atoms with Gasteiger partial charge in [-0.1, -0.05) is 0 Å². The Morgan fingerprint density at radius 3 is 3.04 bits per heavy atom. The first kappa shape index (κ1) is 14.1. The number of hydrogen-bond donors (Lipinski definition) is 2. The van der Waals surface area contributed by atoms with E-state index in [-0.39, 0.29) is 17.9 Å². The van der Waals surface area contributed by atoms with Gasteiger partial charge in [-0.2, -0.15) is 0 Å². The van der Waals surface area contributed by atoms with E-state index in [1.165, 1.54) is 0 Å². The Labute approximate surface area is 133 Å². The third kappa shape index (κ3) is 2.25. The number of carbonyl (C=O) groups is 2. The van der Waals surface area contributed by atoms with Crippen molar-refractivity contribution < 1.29 is 14.3 Å². The van der Waals surface area contributed by atoms with Gasteiger partial charge in [0.2, 0.25) is 11.8 Å². The van der Waals surface area contributed by atoms with E-state index in [9.17, 15) is 9.59 Å². The maximum absolute atomic E-state index is 12.6. The fourth-order valence-corrected chi connectivity index (χ4v) is 3.65. The second kappa shape index (κ2) is 5.30. The number of methoxy groups -OCH3 is 1. The summed E-state index contributed by atoms with van der Waals surface area (Å²) < 4.78 is 5.22. The third-order valence-corrected chi connectivity index (χ3v) is 4.85. The summed E-state index contributed by atoms with van der Waals surface area (Å²) in [5.41, 5.74) is 1.99. The van der Waals surface area contributed by atoms with Crippen molar-refractivity contribution >= 4 is 22.7 Å². The van der Waals surface area contributed by atoms with Gasteiger partial charge in [-0.15, -0.1) is 0 Å². The van der Waals surface area contributed by atoms with Crippen LogP contribution in [0.15, 0.2) is 24.4 Å². The molecular formula is C17H19N3O3. The number of amides is 2. The van der Waals surface area contributed by atoms with Gasteiger partial charge >= 0.3 is 0 Å². The first-order valence-corrected chi connectivity index (χ1v) is 7.92. The van der Waals surface area contributed by atoms with Gasteiger partial charge in [0, 0.05) is 36.1 Å². The zero-order valence-electron chi connectivity index (χ0n) is 13.0. The van der Waals surface area contributed by atoms with Crippen LogP contribution in [-0.4, -0.2) is 47.4 Å². The molecule has 2 atom stereocenters. The van der Waals surface area contributed by atoms with Crippen LogP contribution in [0.4, 0.5) is 0 Å². The van der Waals surface area contributed by atoms with Crippen LogP contribution in [0.5, 0.6) is 5.75 Å². The van der Waals surface area contributed by atoms with E-state index in [0.29, 0.717) is 13.0 Å². The summed E-state index contributed by atoms with van der Waals surface area (Å²) in [6.07, 6.45) is 4.08. The third-order valence-electron chi connectivity index (χ3n) is 4.85. The van der Waals surface area contributed by atoms with Gasteiger partial charge in [0.05, 0.1) is 7.11 Å². The monoisotopic (exact) mass is 313 g/mol. The number of fused-ring (bicyclic) bond motifs is 2. The van der Waals surface area contributed by atoms with Crippen LogP contribution in [0.1, 0.15) is 18.4 Å². The van der Waals surface area contributed by atoms with E-state index in [1.54, 1.807) is 12.0 Å². The molecule has 1 aromatic carbocycles. The molecule has 0 unspecified atom stereocenters. The molecule has 0 radical (unpaired) electrons. The molecule has 0 bridgehead atoms. The average Bonchev–Trinajstić information content (AvgIpc) is 3.19. The number of nitrogens with one attached hydrogen (secondary N) is 2. The minimum absolute atomic E-state index is 0.0198. The maximum atomic E-state index is 12.6. The number of aromatic amines is 1. The molecule has 23 heavy (non-hydrogen) atoms. The summed E-state index contributed by atoms with van der Waals surface area (Å²) in [7, 11) is 1.63. The summed E-state index contributed by atoms with van der Waals surface area (Å²) in [5, 5.41) is 3.95. The van der Waals surface area contributed by atoms with Crippen molar-refractivity contribution in [3.05, 3.63) is 30.0 Å². The molecular weight excluding hydrogens is 294 g/mol. The van der Waals surface area contributed by atoms with Crippen LogP contribution >= 0.6 is 0 Å². The first-order chi connectivity index (χ1) is 11.2. The quantitative estimate of drug-likeness (QED) is 0.894. The highest BCUT2D eigenvalue weighted by Crippen LogP contribution is 2.27. The van der Waals surface area contributed by atoms with E-state index in [4.69, 9.17) is 4.74 Å². The van der Waals surface area contributed by atoms with E-state index in [0.717, 1.165) is 35.1 Å². The molecule has 0 saturated carbocycles. The first-order valence-electron chi connectivity index (χ1n) is 7.92. The molecule has 2 amide bonds. The molecule has 6 nitrogen and oxygen atoms in total. The Balaban J connectivity index is 1.60. The number of H-pyrrole nitrogens is 1. The van der Waals surface area contributed by atoms with Crippen molar-refractivity contribution in [2.45, 2.75) is 31.3 Å². The lowest BCUT2D eigenvalue weighted by Crippen LogP contribution is -2.61. The number of benzene rings is 1. The smallest absolute Gasteiger partial charge is 0.246 e. The van der Waals surface area contributed by atoms with Crippen molar-refractivity contribution in [3.8, 4) is 5.75 Å². The molecule has 6 heteroatoms. The van der Waals surface area contributed by atoms with Crippen molar-refractivity contribution in [2.75, 3.05) is 13.7 Å². The molecule has 120 valence electrons. The average molecular weight is 313 g/mol. The SMILES string of the molecule is COc1ccc2c(C[C@@H]3NC(=O)[C@@H]4CCCN4C3=O)c[nH]c2c1. The minimum Gasteiger partial charge on any atom is -0.497 e. The molecule has 2 saturated heterocycles. The number of carbonyl (C=O) groups excluding carboxylic acids is 2. The van der Waals surface area contributed by atoms with E-state index in [1.807, 2.05) is 24.4 Å². The Hall–Kier alpha value is -2.50. The summed E-state index contributed by atoms with van der Waals surface area (Å²) in [6, 6.07) is 5.07. The van der Waals surface area contributed by atoms with Crippen LogP contribution in [-0.2, 0) is 16.0 Å². The lowest BCUT2D eigenvalue weighted by atomic mass is 10.0. The van der Waals surface area contributed by atoms with Gasteiger partial charge in [-0.25, -0.2) is 0 Å². The van der Waals surface area contributed by atoms with Gasteiger partial charge in [0.15, 0.2) is 0 Å². The fourth-order valence-electron chi connectivity index (χ4n) is 3.65. The van der Waals surface area contributed by atoms with E-state index < -0.39 is 6.04 Å². The van der Waals surface area contributed by atoms with Gasteiger partial charge in [0.25, 0.3) is 0 Å². The number of hydrogen-bond acceptors (Lipinski definition) is 3. The molecule has 2 aromatic rings. The molecule has 2 aliphatic rings. The Kier molecular flexibility index (Phi) is 3.25. The van der Waals surface area contributed by atoms with Gasteiger partial charge in [0.1, 0.15) is 17.8 Å². The molecule has 0 aliphatic carbocycles. The summed E-state index contributed by atoms with van der Waals surface area (Å²) in [4.78, 5) is 29.7. The van der Waals surface area contributed by atoms with E-state index in [2.05, 4.69) is 10.3 Å². The van der Waals surface area contributed by atoms with E-state index >= 15 is 0 Å². The molecule has 4 rings (SSSR count). The lowest BCUT2D eigenvalue weighted by Gasteiger charge is -2.34. The normalized spacial score (nSPS) is 24.0. The van der Waals surface area contributed by atoms with Crippen LogP contribution < -0.4 is 10.1 Å². The van der Waals surface area contributed by atoms with Crippen LogP contribution in [0.2, 0.25) is 0 Å². The molecule has 2 N–H and O–H groups in total. The Morgan fingerprint density at radius 1 is 1.35 bits per heavy atom. The highest BCUT2D eigenvalue weighted by molar-refractivity contribution is 5.98. The highest BCUT2D eigenvalue weighted by Gasteiger charge is 2.42. The summed E-state index contributed by atoms with van der Waals surface area (Å²) >= 11 is 0. The number of rotatable bonds is 3. The summed E-state index contributed by atoms with van der Waals surface area (Å²) in [5.74, 6) is 0.802. The zero-order chi connectivity index (χ0) is 16.0. The highest BCUT2D eigenvalue weighted by atomic mass is 16.5. The largest absolute Gasteiger partial charge is 0.497 e. The molecule has 2 aliphatic heterocycles. The maximum Gasteiger partial charge on any atom is 0.246 e. The number of ether oxygens (including phenoxy) is 1. The fraction of sp³-hybridized carbons (Fsp3) is 0.412. The molecule has 3 heterocycles. The van der Waals surface area contributed by atoms with Crippen LogP contribution in [0.25, 0.3) is 10.9 Å². The molecule has 2 fully saturated rings. The second-order valence-corrected chi connectivity index (χ2v) is 6.18. The van der Waals surface area contributed by atoms with Crippen molar-refractivity contribution in [3.63, 3.8) is 0 Å². The topological polar surface area (TPSA) is 74.4 Å². The Morgan fingerprint density at radius 2 is 2.22 bits per heavy atom. The molecule has 1 aromatic heterocycles. The van der Waals surface area contributed by atoms with Crippen LogP contribution in [0, 0.1) is 0 Å².